The Morgan fingerprint density at radius 2 is 1.71 bits per heavy atom. The number of fused-ring (bicyclic) bond motifs is 2. The van der Waals surface area contributed by atoms with Crippen LogP contribution in [0.5, 0.6) is 0 Å². The SMILES string of the molecule is O=C(C[C@@H]1NCCC[C@H]1OC(=O)NS(=O)(=O)NC1CCN(C(=O)Nc2nccnc2C(=O)NC2Cc3ccccc3C2)CC1)Cn1cnc2cc(Br)c(Cl)cc2c1=O. The number of benzene rings is 2. The summed E-state index contributed by atoms with van der Waals surface area (Å²) in [5.41, 5.74) is 2.30. The van der Waals surface area contributed by atoms with Crippen molar-refractivity contribution in [3.05, 3.63) is 91.8 Å². The van der Waals surface area contributed by atoms with Gasteiger partial charge in [-0.15, -0.1) is 0 Å². The summed E-state index contributed by atoms with van der Waals surface area (Å²) < 4.78 is 37.4. The van der Waals surface area contributed by atoms with E-state index in [9.17, 15) is 32.4 Å². The molecule has 0 radical (unpaired) electrons. The zero-order valence-electron chi connectivity index (χ0n) is 30.9. The molecule has 2 fully saturated rings. The maximum Gasteiger partial charge on any atom is 0.422 e. The summed E-state index contributed by atoms with van der Waals surface area (Å²) in [6.45, 7) is 0.607. The fourth-order valence-electron chi connectivity index (χ4n) is 7.45. The first-order valence-electron chi connectivity index (χ1n) is 18.7. The lowest BCUT2D eigenvalue weighted by Gasteiger charge is -2.33. The monoisotopic (exact) mass is 898 g/mol. The molecule has 0 bridgehead atoms. The van der Waals surface area contributed by atoms with E-state index in [2.05, 4.69) is 51.6 Å². The van der Waals surface area contributed by atoms with Crippen LogP contribution in [0.15, 0.2) is 64.4 Å². The molecule has 3 aliphatic rings. The van der Waals surface area contributed by atoms with Gasteiger partial charge in [-0.1, -0.05) is 35.9 Å². The molecular formula is C37H40BrClN10O8S. The lowest BCUT2D eigenvalue weighted by Crippen LogP contribution is -2.53. The summed E-state index contributed by atoms with van der Waals surface area (Å²) in [6, 6.07) is 9.21. The molecule has 2 aromatic heterocycles. The first-order chi connectivity index (χ1) is 27.8. The second-order valence-electron chi connectivity index (χ2n) is 14.4. The highest BCUT2D eigenvalue weighted by atomic mass is 79.9. The van der Waals surface area contributed by atoms with Gasteiger partial charge in [-0.2, -0.15) is 13.1 Å². The molecule has 0 unspecified atom stereocenters. The van der Waals surface area contributed by atoms with Crippen molar-refractivity contribution in [3.8, 4) is 0 Å². The van der Waals surface area contributed by atoms with Crippen LogP contribution in [0.2, 0.25) is 5.02 Å². The molecule has 306 valence electrons. The van der Waals surface area contributed by atoms with Gasteiger partial charge in [0, 0.05) is 48.5 Å². The van der Waals surface area contributed by atoms with E-state index in [0.29, 0.717) is 47.2 Å². The molecule has 4 aromatic rings. The van der Waals surface area contributed by atoms with Crippen LogP contribution < -0.4 is 31.0 Å². The molecule has 4 heterocycles. The Morgan fingerprint density at radius 3 is 2.45 bits per heavy atom. The number of carbonyl (C=O) groups excluding carboxylic acids is 4. The molecule has 2 aliphatic heterocycles. The third-order valence-corrected chi connectivity index (χ3v) is 12.6. The molecular weight excluding hydrogens is 860 g/mol. The number of hydrogen-bond acceptors (Lipinski definition) is 12. The van der Waals surface area contributed by atoms with Gasteiger partial charge in [-0.05, 0) is 84.3 Å². The molecule has 5 N–H and O–H groups in total. The predicted octanol–water partition coefficient (Wildman–Crippen LogP) is 2.84. The zero-order valence-corrected chi connectivity index (χ0v) is 34.1. The number of nitrogens with one attached hydrogen (secondary N) is 5. The predicted molar refractivity (Wildman–Crippen MR) is 216 cm³/mol. The van der Waals surface area contributed by atoms with Crippen molar-refractivity contribution in [2.24, 2.45) is 0 Å². The third-order valence-electron chi connectivity index (χ3n) is 10.3. The first kappa shape index (κ1) is 41.2. The number of halogens is 2. The van der Waals surface area contributed by atoms with Crippen molar-refractivity contribution in [2.45, 2.75) is 75.7 Å². The van der Waals surface area contributed by atoms with Crippen molar-refractivity contribution in [1.82, 2.24) is 44.5 Å². The number of likely N-dealkylation sites (tertiary alicyclic amines) is 1. The Labute approximate surface area is 346 Å². The van der Waals surface area contributed by atoms with E-state index in [1.165, 1.54) is 45.4 Å². The van der Waals surface area contributed by atoms with E-state index in [0.717, 1.165) is 0 Å². The first-order valence-corrected chi connectivity index (χ1v) is 21.3. The molecule has 2 aromatic carbocycles. The largest absolute Gasteiger partial charge is 0.444 e. The number of nitrogens with zero attached hydrogens (tertiary/aromatic N) is 5. The number of urea groups is 1. The summed E-state index contributed by atoms with van der Waals surface area (Å²) in [5.74, 6) is -0.789. The average molecular weight is 900 g/mol. The van der Waals surface area contributed by atoms with Crippen LogP contribution in [0.4, 0.5) is 15.4 Å². The normalized spacial score (nSPS) is 18.7. The average Bonchev–Trinajstić information content (AvgIpc) is 3.60. The number of carbonyl (C=O) groups is 4. The third kappa shape index (κ3) is 9.98. The van der Waals surface area contributed by atoms with Crippen LogP contribution in [0.1, 0.15) is 53.7 Å². The molecule has 21 heteroatoms. The Balaban J connectivity index is 0.863. The van der Waals surface area contributed by atoms with Crippen LogP contribution in [-0.4, -0.2) is 101 Å². The van der Waals surface area contributed by atoms with Gasteiger partial charge in [-0.25, -0.2) is 29.3 Å². The smallest absolute Gasteiger partial charge is 0.422 e. The number of amides is 4. The minimum Gasteiger partial charge on any atom is -0.444 e. The number of Topliss-reactive ketones (excluding diaryl/α,β-unsaturated/α-hetero) is 1. The fraction of sp³-hybridized carbons (Fsp3) is 0.405. The number of ketones is 1. The van der Waals surface area contributed by atoms with E-state index < -0.39 is 52.0 Å². The molecule has 0 spiro atoms. The van der Waals surface area contributed by atoms with Gasteiger partial charge in [0.1, 0.15) is 6.10 Å². The number of ether oxygens (including phenoxy) is 1. The van der Waals surface area contributed by atoms with Crippen LogP contribution in [0, 0.1) is 0 Å². The summed E-state index contributed by atoms with van der Waals surface area (Å²) in [5, 5.41) is 9.37. The quantitative estimate of drug-likeness (QED) is 0.146. The standard InChI is InChI=1S/C37H40BrClN10O8S/c38-27-18-29-26(17-28(27)39)35(52)49(20-43-29)19-25(50)16-30-31(6-3-9-40-30)57-37(54)47-58(55,56)46-23-7-12-48(13-8-23)36(53)45-33-32(41-10-11-42-33)34(51)44-24-14-21-4-1-2-5-22(21)15-24/h1-2,4-5,10-11,17-18,20,23-24,30-31,40,46H,3,6-9,12-16,19H2,(H,44,51)(H,47,54)(H,42,45,53)/t30-,31+/m0/s1. The Kier molecular flexibility index (Phi) is 12.7. The topological polar surface area (TPSA) is 236 Å². The summed E-state index contributed by atoms with van der Waals surface area (Å²) in [6.07, 6.45) is 4.73. The van der Waals surface area contributed by atoms with Gasteiger partial charge in [0.05, 0.1) is 34.8 Å². The highest BCUT2D eigenvalue weighted by Gasteiger charge is 2.33. The van der Waals surface area contributed by atoms with E-state index in [4.69, 9.17) is 16.3 Å². The van der Waals surface area contributed by atoms with Gasteiger partial charge in [-0.3, -0.25) is 24.3 Å². The zero-order chi connectivity index (χ0) is 41.0. The maximum atomic E-state index is 13.2. The summed E-state index contributed by atoms with van der Waals surface area (Å²) in [4.78, 5) is 79.3. The maximum absolute atomic E-state index is 13.2. The van der Waals surface area contributed by atoms with Crippen LogP contribution in [0.25, 0.3) is 10.9 Å². The molecule has 2 atom stereocenters. The molecule has 0 saturated carbocycles. The second kappa shape index (κ2) is 17.9. The lowest BCUT2D eigenvalue weighted by molar-refractivity contribution is -0.121. The second-order valence-corrected chi connectivity index (χ2v) is 17.1. The molecule has 4 amide bonds. The van der Waals surface area contributed by atoms with E-state index in [1.807, 2.05) is 29.0 Å². The van der Waals surface area contributed by atoms with Gasteiger partial charge in [0.2, 0.25) is 0 Å². The Bertz CT molecular complexity index is 2390. The molecule has 7 rings (SSSR count). The highest BCUT2D eigenvalue weighted by Crippen LogP contribution is 2.26. The van der Waals surface area contributed by atoms with Crippen LogP contribution >= 0.6 is 27.5 Å². The number of piperidine rings is 2. The van der Waals surface area contributed by atoms with Gasteiger partial charge < -0.3 is 20.3 Å². The van der Waals surface area contributed by atoms with Crippen molar-refractivity contribution in [2.75, 3.05) is 25.0 Å². The number of aromatic nitrogens is 4. The molecule has 18 nitrogen and oxygen atoms in total. The number of hydrogen-bond donors (Lipinski definition) is 5. The van der Waals surface area contributed by atoms with Gasteiger partial charge in [0.15, 0.2) is 17.3 Å². The number of rotatable bonds is 11. The fourth-order valence-corrected chi connectivity index (χ4v) is 8.94. The molecule has 1 aliphatic carbocycles. The highest BCUT2D eigenvalue weighted by molar-refractivity contribution is 9.10. The Morgan fingerprint density at radius 1 is 0.983 bits per heavy atom. The minimum absolute atomic E-state index is 0.00272. The molecule has 2 saturated heterocycles. The van der Waals surface area contributed by atoms with Crippen molar-refractivity contribution in [3.63, 3.8) is 0 Å². The van der Waals surface area contributed by atoms with E-state index in [1.54, 1.807) is 6.07 Å². The number of anilines is 1. The van der Waals surface area contributed by atoms with Crippen molar-refractivity contribution in [1.29, 1.82) is 0 Å². The van der Waals surface area contributed by atoms with Crippen LogP contribution in [-0.2, 0) is 39.1 Å². The van der Waals surface area contributed by atoms with Gasteiger partial charge >= 0.3 is 22.3 Å². The Hall–Kier alpha value is -5.02. The lowest BCUT2D eigenvalue weighted by atomic mass is 9.96. The summed E-state index contributed by atoms with van der Waals surface area (Å²) in [7, 11) is -4.37. The summed E-state index contributed by atoms with van der Waals surface area (Å²) >= 11 is 9.46. The van der Waals surface area contributed by atoms with E-state index >= 15 is 0 Å². The van der Waals surface area contributed by atoms with Gasteiger partial charge in [0.25, 0.3) is 11.5 Å². The minimum atomic E-state index is -4.37. The van der Waals surface area contributed by atoms with E-state index in [-0.39, 0.29) is 67.6 Å². The molecule has 58 heavy (non-hydrogen) atoms. The van der Waals surface area contributed by atoms with Crippen LogP contribution in [0.3, 0.4) is 0 Å². The van der Waals surface area contributed by atoms with Crippen molar-refractivity contribution < 1.29 is 32.3 Å². The van der Waals surface area contributed by atoms with Crippen molar-refractivity contribution >= 4 is 78.3 Å².